The van der Waals surface area contributed by atoms with Gasteiger partial charge in [0.05, 0.1) is 20.8 Å². The standard InChI is InChI=1S/C20H21NO5/c1-24-19(22)18(20(23)25-2)14-21-16-9-6-10-17(13-16)26-12-11-15-7-4-3-5-8-15/h3-10,13-14,21H,11-12H2,1-2H3. The van der Waals surface area contributed by atoms with Crippen LogP contribution >= 0.6 is 0 Å². The second-order valence-electron chi connectivity index (χ2n) is 5.30. The van der Waals surface area contributed by atoms with Gasteiger partial charge in [0.15, 0.2) is 5.57 Å². The van der Waals surface area contributed by atoms with Crippen LogP contribution in [0.2, 0.25) is 0 Å². The van der Waals surface area contributed by atoms with E-state index < -0.39 is 11.9 Å². The molecule has 0 radical (unpaired) electrons. The predicted molar refractivity (Wildman–Crippen MR) is 97.8 cm³/mol. The molecule has 1 N–H and O–H groups in total. The van der Waals surface area contributed by atoms with Crippen molar-refractivity contribution in [3.63, 3.8) is 0 Å². The minimum absolute atomic E-state index is 0.231. The van der Waals surface area contributed by atoms with E-state index in [1.54, 1.807) is 12.1 Å². The van der Waals surface area contributed by atoms with E-state index in [1.165, 1.54) is 26.0 Å². The Labute approximate surface area is 152 Å². The van der Waals surface area contributed by atoms with Crippen LogP contribution in [0.25, 0.3) is 0 Å². The maximum absolute atomic E-state index is 11.6. The van der Waals surface area contributed by atoms with E-state index in [-0.39, 0.29) is 5.57 Å². The Bertz CT molecular complexity index is 753. The molecular formula is C20H21NO5. The lowest BCUT2D eigenvalue weighted by molar-refractivity contribution is -0.144. The van der Waals surface area contributed by atoms with Gasteiger partial charge >= 0.3 is 11.9 Å². The summed E-state index contributed by atoms with van der Waals surface area (Å²) < 4.78 is 14.9. The van der Waals surface area contributed by atoms with Gasteiger partial charge in [-0.2, -0.15) is 0 Å². The third-order valence-corrected chi connectivity index (χ3v) is 3.53. The van der Waals surface area contributed by atoms with E-state index >= 15 is 0 Å². The summed E-state index contributed by atoms with van der Waals surface area (Å²) in [6.07, 6.45) is 2.05. The van der Waals surface area contributed by atoms with Crippen molar-refractivity contribution in [2.75, 3.05) is 26.1 Å². The smallest absolute Gasteiger partial charge is 0.346 e. The molecule has 6 heteroatoms. The Kier molecular flexibility index (Phi) is 7.24. The van der Waals surface area contributed by atoms with Crippen molar-refractivity contribution < 1.29 is 23.8 Å². The van der Waals surface area contributed by atoms with Gasteiger partial charge in [-0.25, -0.2) is 9.59 Å². The molecule has 0 unspecified atom stereocenters. The van der Waals surface area contributed by atoms with Gasteiger partial charge in [-0.3, -0.25) is 0 Å². The quantitative estimate of drug-likeness (QED) is 0.340. The van der Waals surface area contributed by atoms with Crippen molar-refractivity contribution in [1.82, 2.24) is 0 Å². The van der Waals surface area contributed by atoms with Crippen LogP contribution in [-0.2, 0) is 25.5 Å². The van der Waals surface area contributed by atoms with E-state index in [2.05, 4.69) is 14.8 Å². The highest BCUT2D eigenvalue weighted by Crippen LogP contribution is 2.18. The molecule has 0 fully saturated rings. The zero-order valence-corrected chi connectivity index (χ0v) is 14.7. The average Bonchev–Trinajstić information content (AvgIpc) is 2.68. The number of carbonyl (C=O) groups is 2. The number of esters is 2. The third-order valence-electron chi connectivity index (χ3n) is 3.53. The van der Waals surface area contributed by atoms with Crippen LogP contribution in [0.15, 0.2) is 66.4 Å². The molecule has 0 aliphatic rings. The van der Waals surface area contributed by atoms with Gasteiger partial charge in [0.2, 0.25) is 0 Å². The summed E-state index contributed by atoms with van der Waals surface area (Å²) in [7, 11) is 2.39. The first-order valence-electron chi connectivity index (χ1n) is 8.04. The van der Waals surface area contributed by atoms with E-state index in [1.807, 2.05) is 42.5 Å². The van der Waals surface area contributed by atoms with Gasteiger partial charge in [-0.15, -0.1) is 0 Å². The van der Waals surface area contributed by atoms with Crippen LogP contribution in [0.5, 0.6) is 5.75 Å². The molecule has 0 aliphatic heterocycles. The summed E-state index contributed by atoms with van der Waals surface area (Å²) in [6.45, 7) is 0.541. The summed E-state index contributed by atoms with van der Waals surface area (Å²) in [5.74, 6) is -0.878. The minimum atomic E-state index is -0.778. The van der Waals surface area contributed by atoms with Crippen molar-refractivity contribution in [2.45, 2.75) is 6.42 Å². The van der Waals surface area contributed by atoms with Crippen LogP contribution in [0, 0.1) is 0 Å². The second-order valence-corrected chi connectivity index (χ2v) is 5.30. The molecule has 0 spiro atoms. The van der Waals surface area contributed by atoms with Crippen molar-refractivity contribution in [3.8, 4) is 5.75 Å². The van der Waals surface area contributed by atoms with Gasteiger partial charge < -0.3 is 19.5 Å². The van der Waals surface area contributed by atoms with E-state index in [9.17, 15) is 9.59 Å². The minimum Gasteiger partial charge on any atom is -0.493 e. The van der Waals surface area contributed by atoms with Crippen molar-refractivity contribution in [2.24, 2.45) is 0 Å². The van der Waals surface area contributed by atoms with Crippen LogP contribution < -0.4 is 10.1 Å². The Morgan fingerprint density at radius 3 is 2.31 bits per heavy atom. The molecule has 2 aromatic carbocycles. The fourth-order valence-electron chi connectivity index (χ4n) is 2.18. The average molecular weight is 355 g/mol. The number of benzene rings is 2. The molecule has 0 heterocycles. The highest BCUT2D eigenvalue weighted by molar-refractivity contribution is 6.14. The molecule has 0 aliphatic carbocycles. The first kappa shape index (κ1) is 19.1. The lowest BCUT2D eigenvalue weighted by Gasteiger charge is -2.09. The number of methoxy groups -OCH3 is 2. The van der Waals surface area contributed by atoms with Crippen molar-refractivity contribution in [1.29, 1.82) is 0 Å². The van der Waals surface area contributed by atoms with Crippen LogP contribution in [0.3, 0.4) is 0 Å². The number of ether oxygens (including phenoxy) is 3. The van der Waals surface area contributed by atoms with Crippen LogP contribution in [-0.4, -0.2) is 32.8 Å². The second kappa shape index (κ2) is 9.88. The maximum atomic E-state index is 11.6. The highest BCUT2D eigenvalue weighted by atomic mass is 16.5. The number of hydrogen-bond donors (Lipinski definition) is 1. The van der Waals surface area contributed by atoms with Crippen molar-refractivity contribution in [3.05, 3.63) is 71.9 Å². The van der Waals surface area contributed by atoms with Gasteiger partial charge in [-0.1, -0.05) is 36.4 Å². The molecule has 0 saturated heterocycles. The SMILES string of the molecule is COC(=O)C(=CNc1cccc(OCCc2ccccc2)c1)C(=O)OC. The zero-order chi connectivity index (χ0) is 18.8. The largest absolute Gasteiger partial charge is 0.493 e. The Balaban J connectivity index is 1.98. The number of anilines is 1. The van der Waals surface area contributed by atoms with E-state index in [0.29, 0.717) is 18.0 Å². The predicted octanol–water partition coefficient (Wildman–Crippen LogP) is 2.95. The number of carbonyl (C=O) groups excluding carboxylic acids is 2. The number of nitrogens with one attached hydrogen (secondary N) is 1. The molecule has 26 heavy (non-hydrogen) atoms. The van der Waals surface area contributed by atoms with E-state index in [4.69, 9.17) is 4.74 Å². The Hall–Kier alpha value is -3.28. The van der Waals surface area contributed by atoms with Gasteiger partial charge in [0, 0.05) is 24.4 Å². The lowest BCUT2D eigenvalue weighted by Crippen LogP contribution is -2.17. The zero-order valence-electron chi connectivity index (χ0n) is 14.7. The molecule has 2 aromatic rings. The molecule has 0 atom stereocenters. The van der Waals surface area contributed by atoms with Gasteiger partial charge in [0.1, 0.15) is 5.75 Å². The Morgan fingerprint density at radius 2 is 1.65 bits per heavy atom. The molecule has 6 nitrogen and oxygen atoms in total. The van der Waals surface area contributed by atoms with Gasteiger partial charge in [-0.05, 0) is 17.7 Å². The fraction of sp³-hybridized carbons (Fsp3) is 0.200. The monoisotopic (exact) mass is 355 g/mol. The first-order valence-corrected chi connectivity index (χ1v) is 8.04. The van der Waals surface area contributed by atoms with Gasteiger partial charge in [0.25, 0.3) is 0 Å². The molecule has 0 aromatic heterocycles. The van der Waals surface area contributed by atoms with Crippen molar-refractivity contribution >= 4 is 17.6 Å². The number of rotatable bonds is 8. The maximum Gasteiger partial charge on any atom is 0.346 e. The Morgan fingerprint density at radius 1 is 0.962 bits per heavy atom. The van der Waals surface area contributed by atoms with Crippen LogP contribution in [0.4, 0.5) is 5.69 Å². The number of hydrogen-bond acceptors (Lipinski definition) is 6. The van der Waals surface area contributed by atoms with E-state index in [0.717, 1.165) is 6.42 Å². The third kappa shape index (κ3) is 5.66. The summed E-state index contributed by atoms with van der Waals surface area (Å²) in [6, 6.07) is 17.3. The summed E-state index contributed by atoms with van der Waals surface area (Å²) in [4.78, 5) is 23.2. The first-order chi connectivity index (χ1) is 12.6. The molecule has 0 amide bonds. The topological polar surface area (TPSA) is 73.9 Å². The lowest BCUT2D eigenvalue weighted by atomic mass is 10.2. The summed E-state index contributed by atoms with van der Waals surface area (Å²) >= 11 is 0. The summed E-state index contributed by atoms with van der Waals surface area (Å²) in [5, 5.41) is 2.88. The molecule has 136 valence electrons. The molecular weight excluding hydrogens is 334 g/mol. The summed E-state index contributed by atoms with van der Waals surface area (Å²) in [5.41, 5.74) is 1.63. The highest BCUT2D eigenvalue weighted by Gasteiger charge is 2.19. The molecule has 2 rings (SSSR count). The molecule has 0 bridgehead atoms. The normalized spacial score (nSPS) is 9.77. The molecule has 0 saturated carbocycles. The fourth-order valence-corrected chi connectivity index (χ4v) is 2.18. The van der Waals surface area contributed by atoms with Crippen LogP contribution in [0.1, 0.15) is 5.56 Å².